The maximum Gasteiger partial charge on any atom is 0.499 e. The van der Waals surface area contributed by atoms with E-state index in [1.54, 1.807) is 0 Å². The van der Waals surface area contributed by atoms with Crippen LogP contribution in [0.25, 0.3) is 0 Å². The molecule has 1 fully saturated rings. The van der Waals surface area contributed by atoms with Crippen LogP contribution in [0.1, 0.15) is 20.3 Å². The van der Waals surface area contributed by atoms with E-state index in [0.717, 1.165) is 5.19 Å². The Hall–Kier alpha value is -1.66. The second kappa shape index (κ2) is 6.86. The Bertz CT molecular complexity index is 500. The topological polar surface area (TPSA) is 61.8 Å². The lowest BCUT2D eigenvalue weighted by molar-refractivity contribution is -0.144. The molecular formula is C15H20O5Si. The SMILES string of the molecule is CC[Si](OC(C)=O)(OC(=O)CC1COC1)c1ccccc1. The molecule has 1 heterocycles. The standard InChI is InChI=1S/C15H20O5Si/c1-3-21(19-12(2)16,14-7-5-4-6-8-14)20-15(17)9-13-10-18-11-13/h4-8,13H,3,9-11H2,1-2H3. The van der Waals surface area contributed by atoms with E-state index in [1.165, 1.54) is 6.92 Å². The molecule has 1 aromatic carbocycles. The van der Waals surface area contributed by atoms with Crippen molar-refractivity contribution in [2.75, 3.05) is 13.2 Å². The average molecular weight is 308 g/mol. The molecule has 1 atom stereocenters. The third kappa shape index (κ3) is 3.92. The number of hydrogen-bond acceptors (Lipinski definition) is 5. The molecule has 1 aliphatic rings. The normalized spacial score (nSPS) is 17.4. The number of ether oxygens (including phenoxy) is 1. The highest BCUT2D eigenvalue weighted by molar-refractivity contribution is 6.83. The van der Waals surface area contributed by atoms with Gasteiger partial charge in [-0.15, -0.1) is 0 Å². The number of rotatable bonds is 6. The Balaban J connectivity index is 2.17. The van der Waals surface area contributed by atoms with Gasteiger partial charge in [0.15, 0.2) is 0 Å². The van der Waals surface area contributed by atoms with Crippen LogP contribution in [0.15, 0.2) is 30.3 Å². The lowest BCUT2D eigenvalue weighted by Crippen LogP contribution is -2.55. The summed E-state index contributed by atoms with van der Waals surface area (Å²) in [5, 5.41) is 0.793. The van der Waals surface area contributed by atoms with Crippen LogP contribution >= 0.6 is 0 Å². The van der Waals surface area contributed by atoms with Gasteiger partial charge in [-0.1, -0.05) is 37.3 Å². The van der Waals surface area contributed by atoms with Crippen LogP contribution in [0.4, 0.5) is 0 Å². The van der Waals surface area contributed by atoms with Crippen molar-refractivity contribution >= 4 is 25.7 Å². The highest BCUT2D eigenvalue weighted by Gasteiger charge is 2.45. The number of carbonyl (C=O) groups excluding carboxylic acids is 2. The quantitative estimate of drug-likeness (QED) is 0.745. The van der Waals surface area contributed by atoms with E-state index in [9.17, 15) is 9.59 Å². The summed E-state index contributed by atoms with van der Waals surface area (Å²) in [5.74, 6) is -0.525. The summed E-state index contributed by atoms with van der Waals surface area (Å²) in [7, 11) is -3.07. The van der Waals surface area contributed by atoms with Crippen molar-refractivity contribution in [3.05, 3.63) is 30.3 Å². The molecule has 0 N–H and O–H groups in total. The molecular weight excluding hydrogens is 288 g/mol. The van der Waals surface area contributed by atoms with Gasteiger partial charge >= 0.3 is 8.56 Å². The molecule has 0 radical (unpaired) electrons. The molecule has 6 heteroatoms. The first-order valence-corrected chi connectivity index (χ1v) is 9.13. The van der Waals surface area contributed by atoms with E-state index in [2.05, 4.69) is 0 Å². The van der Waals surface area contributed by atoms with Crippen molar-refractivity contribution in [3.8, 4) is 0 Å². The Kier molecular flexibility index (Phi) is 5.14. The number of carbonyl (C=O) groups is 2. The Morgan fingerprint density at radius 3 is 2.38 bits per heavy atom. The first-order valence-electron chi connectivity index (χ1n) is 7.10. The van der Waals surface area contributed by atoms with Gasteiger partial charge in [0.05, 0.1) is 19.6 Å². The van der Waals surface area contributed by atoms with Crippen LogP contribution in [-0.2, 0) is 23.2 Å². The minimum absolute atomic E-state index is 0.217. The highest BCUT2D eigenvalue weighted by Crippen LogP contribution is 2.20. The van der Waals surface area contributed by atoms with Crippen molar-refractivity contribution in [2.45, 2.75) is 26.3 Å². The van der Waals surface area contributed by atoms with E-state index >= 15 is 0 Å². The molecule has 0 bridgehead atoms. The Morgan fingerprint density at radius 1 is 1.24 bits per heavy atom. The maximum absolute atomic E-state index is 12.1. The van der Waals surface area contributed by atoms with Gasteiger partial charge in [0.1, 0.15) is 0 Å². The van der Waals surface area contributed by atoms with E-state index in [4.69, 9.17) is 13.6 Å². The average Bonchev–Trinajstić information content (AvgIpc) is 2.42. The van der Waals surface area contributed by atoms with Crippen LogP contribution in [0.3, 0.4) is 0 Å². The second-order valence-electron chi connectivity index (χ2n) is 5.15. The zero-order valence-corrected chi connectivity index (χ0v) is 13.3. The molecule has 0 saturated carbocycles. The van der Waals surface area contributed by atoms with Gasteiger partial charge in [0.25, 0.3) is 11.9 Å². The fourth-order valence-corrected chi connectivity index (χ4v) is 4.87. The summed E-state index contributed by atoms with van der Waals surface area (Å²) < 4.78 is 16.3. The van der Waals surface area contributed by atoms with Crippen molar-refractivity contribution < 1.29 is 23.2 Å². The van der Waals surface area contributed by atoms with Gasteiger partial charge < -0.3 is 13.6 Å². The molecule has 2 rings (SSSR count). The van der Waals surface area contributed by atoms with Gasteiger partial charge in [-0.2, -0.15) is 0 Å². The Labute approximate surface area is 125 Å². The van der Waals surface area contributed by atoms with Crippen molar-refractivity contribution in [1.82, 2.24) is 0 Å². The van der Waals surface area contributed by atoms with Crippen LogP contribution in [-0.4, -0.2) is 33.7 Å². The first-order chi connectivity index (χ1) is 10.1. The summed E-state index contributed by atoms with van der Waals surface area (Å²) in [5.41, 5.74) is 0. The van der Waals surface area contributed by atoms with E-state index in [1.807, 2.05) is 37.3 Å². The monoisotopic (exact) mass is 308 g/mol. The smallest absolute Gasteiger partial charge is 0.482 e. The van der Waals surface area contributed by atoms with Gasteiger partial charge in [0, 0.05) is 24.1 Å². The van der Waals surface area contributed by atoms with Crippen LogP contribution in [0.5, 0.6) is 0 Å². The summed E-state index contributed by atoms with van der Waals surface area (Å²) in [6.45, 7) is 4.40. The van der Waals surface area contributed by atoms with E-state index in [0.29, 0.717) is 25.7 Å². The van der Waals surface area contributed by atoms with Gasteiger partial charge in [-0.3, -0.25) is 9.59 Å². The first kappa shape index (κ1) is 15.7. The lowest BCUT2D eigenvalue weighted by atomic mass is 10.1. The highest BCUT2D eigenvalue weighted by atomic mass is 28.4. The predicted octanol–water partition coefficient (Wildman–Crippen LogP) is 1.50. The molecule has 114 valence electrons. The third-order valence-corrected chi connectivity index (χ3v) is 6.75. The number of hydrogen-bond donors (Lipinski definition) is 0. The summed E-state index contributed by atoms with van der Waals surface area (Å²) >= 11 is 0. The fourth-order valence-electron chi connectivity index (χ4n) is 2.28. The zero-order valence-electron chi connectivity index (χ0n) is 12.3. The molecule has 0 aliphatic carbocycles. The van der Waals surface area contributed by atoms with Crippen LogP contribution < -0.4 is 5.19 Å². The van der Waals surface area contributed by atoms with Gasteiger partial charge in [-0.25, -0.2) is 0 Å². The summed E-state index contributed by atoms with van der Waals surface area (Å²) in [6.07, 6.45) is 0.308. The predicted molar refractivity (Wildman–Crippen MR) is 79.1 cm³/mol. The lowest BCUT2D eigenvalue weighted by Gasteiger charge is -2.30. The Morgan fingerprint density at radius 2 is 1.90 bits per heavy atom. The van der Waals surface area contributed by atoms with Gasteiger partial charge in [0.2, 0.25) is 0 Å². The van der Waals surface area contributed by atoms with E-state index in [-0.39, 0.29) is 11.9 Å². The molecule has 1 aliphatic heterocycles. The fraction of sp³-hybridized carbons (Fsp3) is 0.467. The number of benzene rings is 1. The molecule has 1 saturated heterocycles. The zero-order chi connectivity index (χ0) is 15.3. The van der Waals surface area contributed by atoms with E-state index < -0.39 is 14.5 Å². The minimum Gasteiger partial charge on any atom is -0.482 e. The third-order valence-electron chi connectivity index (χ3n) is 3.43. The molecule has 0 aromatic heterocycles. The maximum atomic E-state index is 12.1. The van der Waals surface area contributed by atoms with Crippen LogP contribution in [0, 0.1) is 5.92 Å². The summed E-state index contributed by atoms with van der Waals surface area (Å²) in [4.78, 5) is 23.6. The van der Waals surface area contributed by atoms with Crippen molar-refractivity contribution in [1.29, 1.82) is 0 Å². The largest absolute Gasteiger partial charge is 0.499 e. The molecule has 1 unspecified atom stereocenters. The molecule has 5 nitrogen and oxygen atoms in total. The van der Waals surface area contributed by atoms with Crippen LogP contribution in [0.2, 0.25) is 6.04 Å². The molecule has 21 heavy (non-hydrogen) atoms. The van der Waals surface area contributed by atoms with Crippen molar-refractivity contribution in [2.24, 2.45) is 5.92 Å². The molecule has 0 amide bonds. The van der Waals surface area contributed by atoms with Crippen molar-refractivity contribution in [3.63, 3.8) is 0 Å². The second-order valence-corrected chi connectivity index (χ2v) is 8.35. The molecule has 0 spiro atoms. The van der Waals surface area contributed by atoms with Gasteiger partial charge in [-0.05, 0) is 0 Å². The summed E-state index contributed by atoms with van der Waals surface area (Å²) in [6, 6.07) is 9.76. The minimum atomic E-state index is -3.07. The molecule has 1 aromatic rings.